The number of hydrogen-bond donors (Lipinski definition) is 2. The Hall–Kier alpha value is -2.76. The fourth-order valence-corrected chi connectivity index (χ4v) is 2.63. The number of benzene rings is 2. The second-order valence-electron chi connectivity index (χ2n) is 5.31. The van der Waals surface area contributed by atoms with Crippen LogP contribution in [0.1, 0.15) is 10.4 Å². The van der Waals surface area contributed by atoms with Crippen molar-refractivity contribution >= 4 is 46.3 Å². The lowest BCUT2D eigenvalue weighted by Gasteiger charge is -2.11. The molecule has 0 spiro atoms. The summed E-state index contributed by atoms with van der Waals surface area (Å²) < 4.78 is 5.22. The van der Waals surface area contributed by atoms with Gasteiger partial charge in [0.15, 0.2) is 0 Å². The van der Waals surface area contributed by atoms with Crippen molar-refractivity contribution in [2.45, 2.75) is 0 Å². The molecule has 2 N–H and O–H groups in total. The van der Waals surface area contributed by atoms with Crippen molar-refractivity contribution in [3.63, 3.8) is 0 Å². The predicted octanol–water partition coefficient (Wildman–Crippen LogP) is 5.39. The number of carbonyl (C=O) groups is 1. The summed E-state index contributed by atoms with van der Waals surface area (Å²) in [4.78, 5) is 16.6. The van der Waals surface area contributed by atoms with Gasteiger partial charge in [-0.15, -0.1) is 0 Å². The lowest BCUT2D eigenvalue weighted by atomic mass is 10.2. The van der Waals surface area contributed by atoms with E-state index in [0.717, 1.165) is 0 Å². The number of anilines is 3. The molecule has 0 saturated heterocycles. The van der Waals surface area contributed by atoms with E-state index < -0.39 is 0 Å². The van der Waals surface area contributed by atoms with Crippen LogP contribution in [-0.4, -0.2) is 18.0 Å². The molecule has 3 aromatic rings. The third kappa shape index (κ3) is 4.07. The smallest absolute Gasteiger partial charge is 0.257 e. The second kappa shape index (κ2) is 8.08. The third-order valence-electron chi connectivity index (χ3n) is 3.60. The number of methoxy groups -OCH3 is 1. The molecule has 1 amide bonds. The van der Waals surface area contributed by atoms with Crippen LogP contribution >= 0.6 is 23.2 Å². The lowest BCUT2D eigenvalue weighted by molar-refractivity contribution is 0.102. The van der Waals surface area contributed by atoms with Crippen LogP contribution in [-0.2, 0) is 0 Å². The number of amides is 1. The number of rotatable bonds is 5. The number of nitrogens with zero attached hydrogens (tertiary/aromatic N) is 1. The Morgan fingerprint density at radius 2 is 1.77 bits per heavy atom. The van der Waals surface area contributed by atoms with E-state index in [2.05, 4.69) is 15.6 Å². The highest BCUT2D eigenvalue weighted by atomic mass is 35.5. The van der Waals surface area contributed by atoms with Crippen LogP contribution < -0.4 is 15.4 Å². The van der Waals surface area contributed by atoms with Gasteiger partial charge >= 0.3 is 0 Å². The van der Waals surface area contributed by atoms with Gasteiger partial charge in [-0.2, -0.15) is 0 Å². The molecule has 0 aliphatic heterocycles. The maximum atomic E-state index is 12.4. The van der Waals surface area contributed by atoms with Crippen LogP contribution in [0.2, 0.25) is 10.0 Å². The molecule has 0 aliphatic carbocycles. The molecule has 132 valence electrons. The van der Waals surface area contributed by atoms with Crippen molar-refractivity contribution in [1.82, 2.24) is 4.98 Å². The predicted molar refractivity (Wildman–Crippen MR) is 105 cm³/mol. The molecule has 26 heavy (non-hydrogen) atoms. The molecular weight excluding hydrogens is 373 g/mol. The highest BCUT2D eigenvalue weighted by Gasteiger charge is 2.10. The zero-order valence-corrected chi connectivity index (χ0v) is 15.3. The zero-order valence-electron chi connectivity index (χ0n) is 13.8. The van der Waals surface area contributed by atoms with Crippen LogP contribution in [0.4, 0.5) is 17.2 Å². The number of aromatic nitrogens is 1. The number of para-hydroxylation sites is 2. The molecule has 5 nitrogen and oxygen atoms in total. The largest absolute Gasteiger partial charge is 0.495 e. The summed E-state index contributed by atoms with van der Waals surface area (Å²) in [5.74, 6) is 0.847. The highest BCUT2D eigenvalue weighted by Crippen LogP contribution is 2.31. The maximum Gasteiger partial charge on any atom is 0.257 e. The Kier molecular flexibility index (Phi) is 5.61. The van der Waals surface area contributed by atoms with Crippen molar-refractivity contribution in [2.24, 2.45) is 0 Å². The number of nitrogens with one attached hydrogen (secondary N) is 2. The first-order valence-corrected chi connectivity index (χ1v) is 8.45. The number of ether oxygens (including phenoxy) is 1. The molecule has 1 aromatic heterocycles. The van der Waals surface area contributed by atoms with Crippen LogP contribution in [0.15, 0.2) is 60.8 Å². The Balaban J connectivity index is 1.73. The fourth-order valence-electron chi connectivity index (χ4n) is 2.28. The molecule has 1 heterocycles. The van der Waals surface area contributed by atoms with Gasteiger partial charge in [0.1, 0.15) is 11.6 Å². The van der Waals surface area contributed by atoms with Crippen LogP contribution in [0.25, 0.3) is 0 Å². The Bertz CT molecular complexity index is 930. The van der Waals surface area contributed by atoms with E-state index in [-0.39, 0.29) is 5.91 Å². The van der Waals surface area contributed by atoms with E-state index in [4.69, 9.17) is 27.9 Å². The summed E-state index contributed by atoms with van der Waals surface area (Å²) in [7, 11) is 1.55. The van der Waals surface area contributed by atoms with Gasteiger partial charge in [0.2, 0.25) is 0 Å². The van der Waals surface area contributed by atoms with Crippen molar-refractivity contribution < 1.29 is 9.53 Å². The molecule has 0 radical (unpaired) electrons. The summed E-state index contributed by atoms with van der Waals surface area (Å²) in [6.45, 7) is 0. The molecule has 0 aliphatic rings. The minimum absolute atomic E-state index is 0.283. The number of pyridine rings is 1. The van der Waals surface area contributed by atoms with Gasteiger partial charge in [0, 0.05) is 6.20 Å². The second-order valence-corrected chi connectivity index (χ2v) is 6.10. The van der Waals surface area contributed by atoms with E-state index in [1.54, 1.807) is 49.6 Å². The lowest BCUT2D eigenvalue weighted by Crippen LogP contribution is -2.13. The molecular formula is C19H15Cl2N3O2. The molecule has 2 aromatic carbocycles. The van der Waals surface area contributed by atoms with Crippen molar-refractivity contribution in [2.75, 3.05) is 17.7 Å². The molecule has 3 rings (SSSR count). The van der Waals surface area contributed by atoms with E-state index in [0.29, 0.717) is 38.6 Å². The maximum absolute atomic E-state index is 12.4. The normalized spacial score (nSPS) is 10.3. The molecule has 0 fully saturated rings. The summed E-state index contributed by atoms with van der Waals surface area (Å²) in [6.07, 6.45) is 1.48. The van der Waals surface area contributed by atoms with Crippen molar-refractivity contribution in [1.29, 1.82) is 0 Å². The van der Waals surface area contributed by atoms with Gasteiger partial charge in [-0.05, 0) is 36.4 Å². The van der Waals surface area contributed by atoms with E-state index >= 15 is 0 Å². The topological polar surface area (TPSA) is 63.2 Å². The first kappa shape index (κ1) is 18.0. The molecule has 7 heteroatoms. The van der Waals surface area contributed by atoms with Gasteiger partial charge in [0.05, 0.1) is 34.1 Å². The van der Waals surface area contributed by atoms with Gasteiger partial charge in [-0.25, -0.2) is 4.98 Å². The summed E-state index contributed by atoms with van der Waals surface area (Å²) in [5, 5.41) is 6.73. The van der Waals surface area contributed by atoms with E-state index in [9.17, 15) is 4.79 Å². The molecule has 0 saturated carbocycles. The van der Waals surface area contributed by atoms with Gasteiger partial charge in [-0.3, -0.25) is 4.79 Å². The van der Waals surface area contributed by atoms with Crippen LogP contribution in [0, 0.1) is 0 Å². The first-order chi connectivity index (χ1) is 12.6. The minimum Gasteiger partial charge on any atom is -0.495 e. The van der Waals surface area contributed by atoms with Gasteiger partial charge in [0.25, 0.3) is 5.91 Å². The summed E-state index contributed by atoms with van der Waals surface area (Å²) in [6, 6.07) is 15.8. The standard InChI is InChI=1S/C19H15Cl2N3O2/c1-26-16-8-3-2-6-14(16)24-19(25)12-9-10-17(22-11-12)23-15-7-4-5-13(20)18(15)21/h2-11H,1H3,(H,22,23)(H,24,25). The van der Waals surface area contributed by atoms with Crippen LogP contribution in [0.5, 0.6) is 5.75 Å². The van der Waals surface area contributed by atoms with E-state index in [1.165, 1.54) is 6.20 Å². The number of carbonyl (C=O) groups excluding carboxylic acids is 1. The van der Waals surface area contributed by atoms with Crippen molar-refractivity contribution in [3.05, 3.63) is 76.4 Å². The third-order valence-corrected chi connectivity index (χ3v) is 4.41. The minimum atomic E-state index is -0.283. The van der Waals surface area contributed by atoms with E-state index in [1.807, 2.05) is 12.1 Å². The highest BCUT2D eigenvalue weighted by molar-refractivity contribution is 6.43. The SMILES string of the molecule is COc1ccccc1NC(=O)c1ccc(Nc2cccc(Cl)c2Cl)nc1. The summed E-state index contributed by atoms with van der Waals surface area (Å²) >= 11 is 12.1. The number of halogens is 2. The average Bonchev–Trinajstić information content (AvgIpc) is 2.66. The Morgan fingerprint density at radius 1 is 1.00 bits per heavy atom. The Morgan fingerprint density at radius 3 is 2.50 bits per heavy atom. The monoisotopic (exact) mass is 387 g/mol. The number of hydrogen-bond acceptors (Lipinski definition) is 4. The zero-order chi connectivity index (χ0) is 18.5. The average molecular weight is 388 g/mol. The molecule has 0 bridgehead atoms. The first-order valence-electron chi connectivity index (χ1n) is 7.70. The Labute approximate surface area is 160 Å². The van der Waals surface area contributed by atoms with Crippen LogP contribution in [0.3, 0.4) is 0 Å². The fraction of sp³-hybridized carbons (Fsp3) is 0.0526. The summed E-state index contributed by atoms with van der Waals surface area (Å²) in [5.41, 5.74) is 1.64. The molecule has 0 unspecified atom stereocenters. The van der Waals surface area contributed by atoms with Gasteiger partial charge in [-0.1, -0.05) is 41.4 Å². The van der Waals surface area contributed by atoms with Crippen molar-refractivity contribution in [3.8, 4) is 5.75 Å². The quantitative estimate of drug-likeness (QED) is 0.615. The van der Waals surface area contributed by atoms with Gasteiger partial charge < -0.3 is 15.4 Å². The molecule has 0 atom stereocenters.